The molecular weight excluding hydrogens is 172 g/mol. The van der Waals surface area contributed by atoms with Crippen LogP contribution in [0.5, 0.6) is 0 Å². The Morgan fingerprint density at radius 3 is 2.23 bits per heavy atom. The minimum absolute atomic E-state index is 0.662. The van der Waals surface area contributed by atoms with Crippen LogP contribution in [0.15, 0.2) is 24.2 Å². The normalized spacial score (nSPS) is 10.5. The van der Waals surface area contributed by atoms with Crippen molar-refractivity contribution in [2.24, 2.45) is 0 Å². The van der Waals surface area contributed by atoms with Gasteiger partial charge >= 0.3 is 0 Å². The van der Waals surface area contributed by atoms with Crippen LogP contribution in [0.25, 0.3) is 0 Å². The molecule has 0 saturated carbocycles. The van der Waals surface area contributed by atoms with Crippen LogP contribution in [0.1, 0.15) is 20.8 Å². The van der Waals surface area contributed by atoms with Gasteiger partial charge in [0.25, 0.3) is 5.97 Å². The molecule has 0 heterocycles. The molecule has 0 aromatic heterocycles. The monoisotopic (exact) mass is 188 g/mol. The van der Waals surface area contributed by atoms with E-state index in [0.29, 0.717) is 6.61 Å². The highest BCUT2D eigenvalue weighted by molar-refractivity contribution is 5.62. The summed E-state index contributed by atoms with van der Waals surface area (Å²) in [6.07, 6.45) is 4.29. The van der Waals surface area contributed by atoms with Gasteiger partial charge in [-0.1, -0.05) is 0 Å². The minimum atomic E-state index is -0.833. The van der Waals surface area contributed by atoms with Gasteiger partial charge in [-0.3, -0.25) is 4.79 Å². The number of allylic oxidation sites excluding steroid dienone is 2. The van der Waals surface area contributed by atoms with Gasteiger partial charge in [0.1, 0.15) is 0 Å². The maximum absolute atomic E-state index is 9.00. The summed E-state index contributed by atoms with van der Waals surface area (Å²) in [6, 6.07) is 0. The van der Waals surface area contributed by atoms with E-state index in [4.69, 9.17) is 19.7 Å². The molecule has 0 fully saturated rings. The molecule has 0 unspecified atom stereocenters. The summed E-state index contributed by atoms with van der Waals surface area (Å²) < 4.78 is 4.87. The molecule has 13 heavy (non-hydrogen) atoms. The van der Waals surface area contributed by atoms with Crippen molar-refractivity contribution < 1.29 is 19.7 Å². The first-order valence-electron chi connectivity index (χ1n) is 3.83. The minimum Gasteiger partial charge on any atom is -0.515 e. The lowest BCUT2D eigenvalue weighted by atomic mass is 10.3. The Morgan fingerprint density at radius 1 is 1.46 bits per heavy atom. The highest BCUT2D eigenvalue weighted by atomic mass is 16.5. The number of rotatable bonds is 3. The van der Waals surface area contributed by atoms with Crippen LogP contribution in [-0.4, -0.2) is 22.8 Å². The molecule has 0 rings (SSSR count). The van der Waals surface area contributed by atoms with Crippen molar-refractivity contribution in [2.75, 3.05) is 6.61 Å². The largest absolute Gasteiger partial charge is 0.515 e. The molecule has 0 aromatic rings. The van der Waals surface area contributed by atoms with Crippen molar-refractivity contribution in [3.63, 3.8) is 0 Å². The highest BCUT2D eigenvalue weighted by Crippen LogP contribution is 1.91. The Bertz CT molecular complexity index is 178. The summed E-state index contributed by atoms with van der Waals surface area (Å²) in [6.45, 7) is 5.44. The highest BCUT2D eigenvalue weighted by Gasteiger charge is 1.76. The summed E-state index contributed by atoms with van der Waals surface area (Å²) in [7, 11) is 0. The second-order valence-electron chi connectivity index (χ2n) is 2.15. The van der Waals surface area contributed by atoms with E-state index in [2.05, 4.69) is 0 Å². The summed E-state index contributed by atoms with van der Waals surface area (Å²) in [5, 5.41) is 15.8. The van der Waals surface area contributed by atoms with Crippen molar-refractivity contribution in [1.82, 2.24) is 0 Å². The molecule has 0 aliphatic carbocycles. The van der Waals surface area contributed by atoms with E-state index in [1.807, 2.05) is 6.92 Å². The third-order valence-electron chi connectivity index (χ3n) is 0.797. The third-order valence-corrected chi connectivity index (χ3v) is 0.797. The van der Waals surface area contributed by atoms with Crippen LogP contribution < -0.4 is 0 Å². The second-order valence-corrected chi connectivity index (χ2v) is 2.15. The summed E-state index contributed by atoms with van der Waals surface area (Å²) in [4.78, 5) is 9.00. The number of ether oxygens (including phenoxy) is 1. The molecule has 4 nitrogen and oxygen atoms in total. The SMILES string of the molecule is CC(=O)O.CCOC=CC(C)=CO. The molecule has 0 spiro atoms. The molecule has 0 aliphatic rings. The van der Waals surface area contributed by atoms with Crippen LogP contribution in [-0.2, 0) is 9.53 Å². The van der Waals surface area contributed by atoms with Crippen molar-refractivity contribution in [2.45, 2.75) is 20.8 Å². The van der Waals surface area contributed by atoms with Gasteiger partial charge in [0.15, 0.2) is 0 Å². The average molecular weight is 188 g/mol. The molecule has 0 atom stereocenters. The number of carboxylic acid groups (broad SMARTS) is 1. The Balaban J connectivity index is 0. The van der Waals surface area contributed by atoms with Crippen LogP contribution in [0.2, 0.25) is 0 Å². The van der Waals surface area contributed by atoms with Gasteiger partial charge in [-0.25, -0.2) is 0 Å². The topological polar surface area (TPSA) is 66.8 Å². The Kier molecular flexibility index (Phi) is 11.4. The number of aliphatic hydroxyl groups excluding tert-OH is 1. The molecule has 0 aliphatic heterocycles. The first-order valence-corrected chi connectivity index (χ1v) is 3.83. The summed E-state index contributed by atoms with van der Waals surface area (Å²) in [5.74, 6) is -0.833. The van der Waals surface area contributed by atoms with E-state index in [0.717, 1.165) is 18.8 Å². The van der Waals surface area contributed by atoms with E-state index >= 15 is 0 Å². The second kappa shape index (κ2) is 10.6. The number of carbonyl (C=O) groups is 1. The molecular formula is C9H16O4. The molecule has 0 saturated heterocycles. The molecule has 0 amide bonds. The van der Waals surface area contributed by atoms with Gasteiger partial charge in [0, 0.05) is 6.92 Å². The molecule has 0 bridgehead atoms. The fourth-order valence-corrected chi connectivity index (χ4v) is 0.295. The van der Waals surface area contributed by atoms with E-state index < -0.39 is 5.97 Å². The summed E-state index contributed by atoms with van der Waals surface area (Å²) in [5.41, 5.74) is 0.781. The average Bonchev–Trinajstić information content (AvgIpc) is 2.03. The molecule has 4 heteroatoms. The van der Waals surface area contributed by atoms with Gasteiger partial charge in [-0.15, -0.1) is 0 Å². The Labute approximate surface area is 78.1 Å². The smallest absolute Gasteiger partial charge is 0.300 e. The van der Waals surface area contributed by atoms with Crippen LogP contribution in [0.3, 0.4) is 0 Å². The van der Waals surface area contributed by atoms with E-state index in [1.54, 1.807) is 19.3 Å². The number of hydrogen-bond donors (Lipinski definition) is 2. The quantitative estimate of drug-likeness (QED) is 0.525. The summed E-state index contributed by atoms with van der Waals surface area (Å²) >= 11 is 0. The first kappa shape index (κ1) is 14.1. The van der Waals surface area contributed by atoms with E-state index in [-0.39, 0.29) is 0 Å². The van der Waals surface area contributed by atoms with Crippen LogP contribution >= 0.6 is 0 Å². The van der Waals surface area contributed by atoms with Crippen LogP contribution in [0.4, 0.5) is 0 Å². The van der Waals surface area contributed by atoms with Crippen LogP contribution in [0, 0.1) is 0 Å². The van der Waals surface area contributed by atoms with Crippen molar-refractivity contribution in [3.8, 4) is 0 Å². The lowest BCUT2D eigenvalue weighted by Gasteiger charge is -1.90. The van der Waals surface area contributed by atoms with Crippen molar-refractivity contribution in [1.29, 1.82) is 0 Å². The standard InChI is InChI=1S/C7H12O2.C2H4O2/c1-3-9-5-4-7(2)6-8;1-2(3)4/h4-6,8H,3H2,1-2H3;1H3,(H,3,4). The fraction of sp³-hybridized carbons (Fsp3) is 0.444. The zero-order valence-electron chi connectivity index (χ0n) is 8.15. The maximum Gasteiger partial charge on any atom is 0.300 e. The number of aliphatic hydroxyl groups is 1. The van der Waals surface area contributed by atoms with Gasteiger partial charge in [-0.05, 0) is 25.5 Å². The zero-order valence-corrected chi connectivity index (χ0v) is 8.15. The van der Waals surface area contributed by atoms with Crippen molar-refractivity contribution >= 4 is 5.97 Å². The zero-order chi connectivity index (χ0) is 10.7. The molecule has 0 aromatic carbocycles. The number of aliphatic carboxylic acids is 1. The maximum atomic E-state index is 9.00. The third kappa shape index (κ3) is 25.0. The van der Waals surface area contributed by atoms with Gasteiger partial charge in [0.2, 0.25) is 0 Å². The Hall–Kier alpha value is -1.45. The van der Waals surface area contributed by atoms with Crippen molar-refractivity contribution in [3.05, 3.63) is 24.2 Å². The predicted octanol–water partition coefficient (Wildman–Crippen LogP) is 2.09. The Morgan fingerprint density at radius 2 is 1.92 bits per heavy atom. The first-order chi connectivity index (χ1) is 6.04. The van der Waals surface area contributed by atoms with E-state index in [9.17, 15) is 0 Å². The fourth-order valence-electron chi connectivity index (χ4n) is 0.295. The predicted molar refractivity (Wildman–Crippen MR) is 50.5 cm³/mol. The molecule has 2 N–H and O–H groups in total. The number of hydrogen-bond acceptors (Lipinski definition) is 3. The van der Waals surface area contributed by atoms with E-state index in [1.165, 1.54) is 0 Å². The van der Waals surface area contributed by atoms with Gasteiger partial charge in [0.05, 0.1) is 19.1 Å². The van der Waals surface area contributed by atoms with Gasteiger partial charge < -0.3 is 14.9 Å². The lowest BCUT2D eigenvalue weighted by Crippen LogP contribution is -1.78. The molecule has 76 valence electrons. The lowest BCUT2D eigenvalue weighted by molar-refractivity contribution is -0.134. The van der Waals surface area contributed by atoms with Gasteiger partial charge in [-0.2, -0.15) is 0 Å². The molecule has 0 radical (unpaired) electrons. The number of carboxylic acids is 1.